The Morgan fingerprint density at radius 2 is 1.53 bits per heavy atom. The third kappa shape index (κ3) is 14.5. The number of methoxy groups -OCH3 is 1. The molecule has 3 aromatic carbocycles. The summed E-state index contributed by atoms with van der Waals surface area (Å²) in [6, 6.07) is 13.3. The Bertz CT molecular complexity index is 2930. The number of hydrogen-bond donors (Lipinski definition) is 1. The zero-order valence-corrected chi connectivity index (χ0v) is 46.8. The Morgan fingerprint density at radius 1 is 0.833 bits per heavy atom. The molecule has 1 saturated heterocycles. The van der Waals surface area contributed by atoms with Crippen molar-refractivity contribution in [1.29, 1.82) is 0 Å². The fourth-order valence-electron chi connectivity index (χ4n) is 10.0. The van der Waals surface area contributed by atoms with Crippen LogP contribution in [0.15, 0.2) is 61.1 Å². The molecule has 1 aliphatic carbocycles. The van der Waals surface area contributed by atoms with E-state index in [1.54, 1.807) is 43.6 Å². The number of aliphatic carboxylic acids is 1. The van der Waals surface area contributed by atoms with Crippen LogP contribution in [0.1, 0.15) is 59.8 Å². The molecule has 10 rings (SSSR count). The molecule has 4 bridgehead atoms. The predicted octanol–water partition coefficient (Wildman–Crippen LogP) is 9.66. The fourth-order valence-corrected chi connectivity index (χ4v) is 11.7. The molecule has 0 unspecified atom stereocenters. The molecule has 78 heavy (non-hydrogen) atoms. The SMILES string of the molecule is COCCOCCOCCOCCOC1CCC(c2nccc(COc3ccc4cc3C[C@H](C(=O)O)Oc3ncnc5sc(-c6ccc(F)cc6)c(c35)-c3c(C)c(Cl)c(c(Cl)c3C)O[C@H](CN3CCN(C)CC3)CO4)n2)CC1. The number of rotatable bonds is 21. The number of aromatic nitrogens is 4. The molecule has 1 saturated carbocycles. The molecule has 0 radical (unpaired) electrons. The number of carboxylic acid groups (broad SMARTS) is 1. The Balaban J connectivity index is 0.950. The van der Waals surface area contributed by atoms with Crippen molar-refractivity contribution >= 4 is 50.7 Å². The zero-order valence-electron chi connectivity index (χ0n) is 44.5. The first kappa shape index (κ1) is 57.4. The second-order valence-corrected chi connectivity index (χ2v) is 21.5. The van der Waals surface area contributed by atoms with E-state index < -0.39 is 24.0 Å². The molecule has 3 aliphatic heterocycles. The number of piperazine rings is 1. The summed E-state index contributed by atoms with van der Waals surface area (Å²) in [6.45, 7) is 12.1. The van der Waals surface area contributed by atoms with Crippen LogP contribution in [-0.4, -0.2) is 165 Å². The monoisotopic (exact) mass is 1130 g/mol. The molecule has 0 amide bonds. The minimum Gasteiger partial charge on any atom is -0.490 e. The quantitative estimate of drug-likeness (QED) is 0.0673. The minimum absolute atomic E-state index is 0.0293. The summed E-state index contributed by atoms with van der Waals surface area (Å²) in [4.78, 5) is 38.1. The third-order valence-electron chi connectivity index (χ3n) is 14.3. The van der Waals surface area contributed by atoms with E-state index in [2.05, 4.69) is 31.8 Å². The second-order valence-electron chi connectivity index (χ2n) is 19.7. The van der Waals surface area contributed by atoms with Gasteiger partial charge in [-0.2, -0.15) is 0 Å². The standard InChI is InChI=1S/C57H67Cl2FN6O11S/c1-35-47-36(2)51(59)52(50(35)58)76-44(31-66-19-17-65(3)18-20-66)33-74-43-13-14-45(39(29-43)30-46(57(67)68)77-55-49-48(47)53(78-56(49)63-34-62-55)37-5-9-40(60)10-6-37)75-32-41-15-16-61-54(64-41)38-7-11-42(12-8-38)73-28-27-72-26-25-71-24-23-70-22-21-69-4/h5-6,9-10,13-16,29,34,38,42,44,46H,7-8,11-12,17-28,30-33H2,1-4H3,(H,67,68)/t38?,42?,44-,46-/m1/s1. The van der Waals surface area contributed by atoms with Crippen LogP contribution < -0.4 is 18.9 Å². The number of nitrogens with zero attached hydrogens (tertiary/aromatic N) is 6. The molecule has 418 valence electrons. The molecular weight excluding hydrogens is 1070 g/mol. The van der Waals surface area contributed by atoms with E-state index in [0.29, 0.717) is 141 Å². The van der Waals surface area contributed by atoms with Crippen LogP contribution in [0, 0.1) is 19.7 Å². The molecule has 6 heterocycles. The maximum Gasteiger partial charge on any atom is 0.345 e. The van der Waals surface area contributed by atoms with Gasteiger partial charge in [0.1, 0.15) is 53.6 Å². The van der Waals surface area contributed by atoms with E-state index >= 15 is 0 Å². The highest BCUT2D eigenvalue weighted by molar-refractivity contribution is 7.22. The Labute approximate surface area is 468 Å². The molecule has 21 heteroatoms. The summed E-state index contributed by atoms with van der Waals surface area (Å²) in [5, 5.41) is 12.0. The number of hydrogen-bond acceptors (Lipinski definition) is 17. The molecule has 4 aliphatic rings. The predicted molar refractivity (Wildman–Crippen MR) is 295 cm³/mol. The van der Waals surface area contributed by atoms with Crippen molar-refractivity contribution in [2.24, 2.45) is 0 Å². The Hall–Kier alpha value is -5.32. The molecule has 3 aromatic heterocycles. The molecule has 6 aromatic rings. The van der Waals surface area contributed by atoms with Crippen LogP contribution >= 0.6 is 34.5 Å². The van der Waals surface area contributed by atoms with Gasteiger partial charge in [0, 0.05) is 74.4 Å². The lowest BCUT2D eigenvalue weighted by molar-refractivity contribution is -0.145. The summed E-state index contributed by atoms with van der Waals surface area (Å²) >= 11 is 16.1. The van der Waals surface area contributed by atoms with Crippen LogP contribution in [-0.2, 0) is 41.5 Å². The number of ether oxygens (including phenoxy) is 9. The van der Waals surface area contributed by atoms with Gasteiger partial charge in [0.25, 0.3) is 0 Å². The molecule has 0 spiro atoms. The van der Waals surface area contributed by atoms with Gasteiger partial charge in [0.05, 0.1) is 80.1 Å². The van der Waals surface area contributed by atoms with Gasteiger partial charge in [-0.15, -0.1) is 11.3 Å². The first-order valence-corrected chi connectivity index (χ1v) is 28.0. The molecule has 2 fully saturated rings. The molecular formula is C57H67Cl2FN6O11S. The molecule has 2 atom stereocenters. The Morgan fingerprint density at radius 3 is 2.22 bits per heavy atom. The number of likely N-dealkylation sites (N-methyl/N-ethyl adjacent to an activating group) is 1. The Kier molecular flexibility index (Phi) is 20.4. The lowest BCUT2D eigenvalue weighted by Crippen LogP contribution is -2.49. The van der Waals surface area contributed by atoms with Crippen LogP contribution in [0.3, 0.4) is 0 Å². The van der Waals surface area contributed by atoms with Crippen molar-refractivity contribution in [1.82, 2.24) is 29.7 Å². The zero-order chi connectivity index (χ0) is 54.5. The van der Waals surface area contributed by atoms with Crippen LogP contribution in [0.4, 0.5) is 4.39 Å². The van der Waals surface area contributed by atoms with Gasteiger partial charge < -0.3 is 52.6 Å². The van der Waals surface area contributed by atoms with Crippen molar-refractivity contribution in [2.45, 2.75) is 76.8 Å². The summed E-state index contributed by atoms with van der Waals surface area (Å²) in [7, 11) is 3.75. The maximum absolute atomic E-state index is 14.4. The number of carbonyl (C=O) groups is 1. The summed E-state index contributed by atoms with van der Waals surface area (Å²) < 4.78 is 68.7. The van der Waals surface area contributed by atoms with Crippen molar-refractivity contribution in [3.8, 4) is 44.7 Å². The van der Waals surface area contributed by atoms with Crippen LogP contribution in [0.25, 0.3) is 31.8 Å². The average Bonchev–Trinajstić information content (AvgIpc) is 3.87. The minimum atomic E-state index is -1.47. The van der Waals surface area contributed by atoms with Gasteiger partial charge >= 0.3 is 5.97 Å². The topological polar surface area (TPSA) is 178 Å². The lowest BCUT2D eigenvalue weighted by atomic mass is 9.87. The van der Waals surface area contributed by atoms with E-state index in [9.17, 15) is 14.3 Å². The van der Waals surface area contributed by atoms with Crippen LogP contribution in [0.5, 0.6) is 23.1 Å². The van der Waals surface area contributed by atoms with E-state index in [1.165, 1.54) is 29.8 Å². The number of carboxylic acids is 1. The summed E-state index contributed by atoms with van der Waals surface area (Å²) in [5.74, 6) is 0.502. The van der Waals surface area contributed by atoms with Crippen LogP contribution in [0.2, 0.25) is 10.0 Å². The third-order valence-corrected chi connectivity index (χ3v) is 16.3. The van der Waals surface area contributed by atoms with E-state index in [1.807, 2.05) is 19.9 Å². The van der Waals surface area contributed by atoms with Crippen molar-refractivity contribution in [2.75, 3.05) is 106 Å². The van der Waals surface area contributed by atoms with Gasteiger partial charge in [0.2, 0.25) is 12.0 Å². The smallest absolute Gasteiger partial charge is 0.345 e. The van der Waals surface area contributed by atoms with Crippen molar-refractivity contribution in [3.63, 3.8) is 0 Å². The highest BCUT2D eigenvalue weighted by Gasteiger charge is 2.33. The van der Waals surface area contributed by atoms with Gasteiger partial charge in [0.15, 0.2) is 5.75 Å². The number of halogens is 3. The lowest BCUT2D eigenvalue weighted by Gasteiger charge is -2.35. The van der Waals surface area contributed by atoms with Gasteiger partial charge in [-0.05, 0) is 105 Å². The average molecular weight is 1130 g/mol. The largest absolute Gasteiger partial charge is 0.490 e. The first-order chi connectivity index (χ1) is 37.9. The molecule has 1 N–H and O–H groups in total. The summed E-state index contributed by atoms with van der Waals surface area (Å²) in [6.07, 6.45) is 4.59. The van der Waals surface area contributed by atoms with Gasteiger partial charge in [-0.1, -0.05) is 35.3 Å². The van der Waals surface area contributed by atoms with E-state index in [-0.39, 0.29) is 37.5 Å². The highest BCUT2D eigenvalue weighted by Crippen LogP contribution is 2.53. The number of thiophene rings is 1. The maximum atomic E-state index is 14.4. The number of benzene rings is 3. The van der Waals surface area contributed by atoms with Crippen molar-refractivity contribution < 1.29 is 56.9 Å². The van der Waals surface area contributed by atoms with Crippen molar-refractivity contribution in [3.05, 3.63) is 105 Å². The number of fused-ring (bicyclic) bond motifs is 7. The first-order valence-electron chi connectivity index (χ1n) is 26.5. The second kappa shape index (κ2) is 27.7. The van der Waals surface area contributed by atoms with E-state index in [0.717, 1.165) is 57.7 Å². The summed E-state index contributed by atoms with van der Waals surface area (Å²) in [5.41, 5.74) is 4.45. The molecule has 17 nitrogen and oxygen atoms in total. The van der Waals surface area contributed by atoms with Gasteiger partial charge in [-0.25, -0.2) is 29.1 Å². The van der Waals surface area contributed by atoms with Gasteiger partial charge in [-0.3, -0.25) is 4.90 Å². The fraction of sp³-hybridized carbons (Fsp3) is 0.491. The van der Waals surface area contributed by atoms with E-state index in [4.69, 9.17) is 70.8 Å². The highest BCUT2D eigenvalue weighted by atomic mass is 35.5. The normalized spacial score (nSPS) is 19.3.